The number of carboxylic acids is 1. The number of nitrogens with zero attached hydrogens (tertiary/aromatic N) is 1. The van der Waals surface area contributed by atoms with Gasteiger partial charge in [0.2, 0.25) is 0 Å². The van der Waals surface area contributed by atoms with E-state index in [1.165, 1.54) is 11.3 Å². The van der Waals surface area contributed by atoms with Crippen LogP contribution < -0.4 is 9.67 Å². The summed E-state index contributed by atoms with van der Waals surface area (Å²) in [6, 6.07) is 0.175. The lowest BCUT2D eigenvalue weighted by molar-refractivity contribution is -0.715. The van der Waals surface area contributed by atoms with E-state index in [-0.39, 0.29) is 11.0 Å². The first kappa shape index (κ1) is 8.20. The molecule has 3 nitrogen and oxygen atoms in total. The lowest BCUT2D eigenvalue weighted by Crippen LogP contribution is -2.43. The first-order valence-electron chi connectivity index (χ1n) is 3.33. The van der Waals surface area contributed by atoms with Crippen molar-refractivity contribution in [3.8, 4) is 0 Å². The number of hydrogen-bond donors (Lipinski definition) is 0. The zero-order valence-electron chi connectivity index (χ0n) is 6.40. The van der Waals surface area contributed by atoms with Crippen LogP contribution in [0.4, 0.5) is 0 Å². The number of thiazole rings is 1. The minimum absolute atomic E-state index is 0.175. The van der Waals surface area contributed by atoms with Crippen molar-refractivity contribution in [1.29, 1.82) is 0 Å². The number of aromatic nitrogens is 1. The lowest BCUT2D eigenvalue weighted by atomic mass is 10.4. The van der Waals surface area contributed by atoms with E-state index in [1.807, 2.05) is 13.8 Å². The van der Waals surface area contributed by atoms with Crippen LogP contribution in [0.3, 0.4) is 0 Å². The van der Waals surface area contributed by atoms with Crippen molar-refractivity contribution in [3.63, 3.8) is 0 Å². The SMILES string of the molecule is CC(C)[n+]1ccsc1C(=O)[O-]. The fourth-order valence-electron chi connectivity index (χ4n) is 0.849. The van der Waals surface area contributed by atoms with Crippen LogP contribution in [0.15, 0.2) is 11.6 Å². The van der Waals surface area contributed by atoms with E-state index in [0.717, 1.165) is 0 Å². The third-order valence-corrected chi connectivity index (χ3v) is 2.23. The second-order valence-corrected chi connectivity index (χ2v) is 3.39. The standard InChI is InChI=1S/C7H9NO2S/c1-5(2)8-3-4-11-6(8)7(9)10/h3-5H,1-2H3. The van der Waals surface area contributed by atoms with Crippen molar-refractivity contribution < 1.29 is 14.5 Å². The van der Waals surface area contributed by atoms with Gasteiger partial charge in [0.15, 0.2) is 18.2 Å². The van der Waals surface area contributed by atoms with Gasteiger partial charge < -0.3 is 9.90 Å². The van der Waals surface area contributed by atoms with Gasteiger partial charge in [0.05, 0.1) is 5.38 Å². The maximum Gasteiger partial charge on any atom is 0.285 e. The Hall–Kier alpha value is -0.900. The zero-order valence-corrected chi connectivity index (χ0v) is 7.22. The molecule has 0 unspecified atom stereocenters. The molecule has 1 aromatic rings. The summed E-state index contributed by atoms with van der Waals surface area (Å²) < 4.78 is 1.68. The minimum atomic E-state index is -1.10. The molecule has 0 saturated heterocycles. The number of rotatable bonds is 2. The highest BCUT2D eigenvalue weighted by atomic mass is 32.1. The molecule has 60 valence electrons. The van der Waals surface area contributed by atoms with E-state index >= 15 is 0 Å². The molecule has 0 aromatic carbocycles. The van der Waals surface area contributed by atoms with Crippen LogP contribution in [-0.2, 0) is 0 Å². The molecule has 0 aliphatic rings. The molecule has 0 saturated carbocycles. The second-order valence-electron chi connectivity index (χ2n) is 2.50. The van der Waals surface area contributed by atoms with Crippen LogP contribution >= 0.6 is 11.3 Å². The Labute approximate surface area is 68.9 Å². The Kier molecular flexibility index (Phi) is 2.24. The molecule has 11 heavy (non-hydrogen) atoms. The van der Waals surface area contributed by atoms with E-state index in [4.69, 9.17) is 0 Å². The molecule has 0 radical (unpaired) electrons. The van der Waals surface area contributed by atoms with E-state index in [2.05, 4.69) is 0 Å². The summed E-state index contributed by atoms with van der Waals surface area (Å²) in [6.07, 6.45) is 1.75. The Bertz CT molecular complexity index is 267. The molecule has 0 atom stereocenters. The van der Waals surface area contributed by atoms with E-state index < -0.39 is 5.97 Å². The zero-order chi connectivity index (χ0) is 8.43. The molecule has 0 spiro atoms. The van der Waals surface area contributed by atoms with Crippen molar-refractivity contribution in [2.75, 3.05) is 0 Å². The van der Waals surface area contributed by atoms with E-state index in [0.29, 0.717) is 0 Å². The molecule has 1 aromatic heterocycles. The van der Waals surface area contributed by atoms with Crippen LogP contribution in [-0.4, -0.2) is 5.97 Å². The molecule has 0 amide bonds. The molecule has 1 rings (SSSR count). The molecule has 0 fully saturated rings. The molecule has 0 aliphatic heterocycles. The summed E-state index contributed by atoms with van der Waals surface area (Å²) >= 11 is 1.19. The van der Waals surface area contributed by atoms with Gasteiger partial charge in [-0.2, -0.15) is 4.57 Å². The van der Waals surface area contributed by atoms with Gasteiger partial charge in [-0.05, 0) is 13.8 Å². The number of carbonyl (C=O) groups excluding carboxylic acids is 1. The third-order valence-electron chi connectivity index (χ3n) is 1.37. The summed E-state index contributed by atoms with van der Waals surface area (Å²) in [4.78, 5) is 10.5. The van der Waals surface area contributed by atoms with Crippen molar-refractivity contribution in [2.45, 2.75) is 19.9 Å². The van der Waals surface area contributed by atoms with Gasteiger partial charge in [0, 0.05) is 0 Å². The van der Waals surface area contributed by atoms with Crippen LogP contribution in [0, 0.1) is 0 Å². The highest BCUT2D eigenvalue weighted by Crippen LogP contribution is 2.04. The van der Waals surface area contributed by atoms with Crippen LogP contribution in [0.5, 0.6) is 0 Å². The maximum atomic E-state index is 10.5. The average molecular weight is 171 g/mol. The fourth-order valence-corrected chi connectivity index (χ4v) is 1.66. The van der Waals surface area contributed by atoms with Crippen molar-refractivity contribution in [2.24, 2.45) is 0 Å². The number of carbonyl (C=O) groups is 1. The maximum absolute atomic E-state index is 10.5. The molecule has 4 heteroatoms. The average Bonchev–Trinajstić information content (AvgIpc) is 2.32. The van der Waals surface area contributed by atoms with Crippen molar-refractivity contribution >= 4 is 17.3 Å². The Morgan fingerprint density at radius 2 is 2.36 bits per heavy atom. The van der Waals surface area contributed by atoms with Gasteiger partial charge in [0.1, 0.15) is 0 Å². The summed E-state index contributed by atoms with van der Waals surface area (Å²) in [6.45, 7) is 3.86. The fraction of sp³-hybridized carbons (Fsp3) is 0.429. The van der Waals surface area contributed by atoms with Gasteiger partial charge >= 0.3 is 0 Å². The molecular formula is C7H9NO2S. The van der Waals surface area contributed by atoms with Crippen LogP contribution in [0.25, 0.3) is 0 Å². The second kappa shape index (κ2) is 3.00. The van der Waals surface area contributed by atoms with E-state index in [9.17, 15) is 9.90 Å². The van der Waals surface area contributed by atoms with Crippen LogP contribution in [0.2, 0.25) is 0 Å². The normalized spacial score (nSPS) is 10.5. The summed E-state index contributed by atoms with van der Waals surface area (Å²) in [5.41, 5.74) is 0. The Morgan fingerprint density at radius 1 is 1.73 bits per heavy atom. The molecule has 0 bridgehead atoms. The van der Waals surface area contributed by atoms with E-state index in [1.54, 1.807) is 16.1 Å². The predicted molar refractivity (Wildman–Crippen MR) is 39.2 cm³/mol. The first-order chi connectivity index (χ1) is 5.13. The Balaban J connectivity index is 3.06. The summed E-state index contributed by atoms with van der Waals surface area (Å²) in [7, 11) is 0. The quantitative estimate of drug-likeness (QED) is 0.587. The first-order valence-corrected chi connectivity index (χ1v) is 4.21. The largest absolute Gasteiger partial charge is 0.539 e. The monoisotopic (exact) mass is 171 g/mol. The number of aromatic carboxylic acids is 1. The topological polar surface area (TPSA) is 44.0 Å². The summed E-state index contributed by atoms with van der Waals surface area (Å²) in [5.74, 6) is -1.10. The van der Waals surface area contributed by atoms with Gasteiger partial charge in [-0.1, -0.05) is 11.3 Å². The van der Waals surface area contributed by atoms with Gasteiger partial charge in [0.25, 0.3) is 5.01 Å². The Morgan fingerprint density at radius 3 is 2.73 bits per heavy atom. The molecule has 0 aliphatic carbocycles. The van der Waals surface area contributed by atoms with Gasteiger partial charge in [-0.25, -0.2) is 0 Å². The number of hydrogen-bond acceptors (Lipinski definition) is 3. The highest BCUT2D eigenvalue weighted by molar-refractivity contribution is 7.11. The molecular weight excluding hydrogens is 162 g/mol. The molecule has 1 heterocycles. The number of carboxylic acid groups (broad SMARTS) is 1. The smallest absolute Gasteiger partial charge is 0.285 e. The van der Waals surface area contributed by atoms with Crippen molar-refractivity contribution in [1.82, 2.24) is 0 Å². The summed E-state index contributed by atoms with van der Waals surface area (Å²) in [5, 5.41) is 12.5. The highest BCUT2D eigenvalue weighted by Gasteiger charge is 2.15. The molecule has 0 N–H and O–H groups in total. The predicted octanol–water partition coefficient (Wildman–Crippen LogP) is -0.0200. The van der Waals surface area contributed by atoms with Gasteiger partial charge in [-0.15, -0.1) is 0 Å². The van der Waals surface area contributed by atoms with Crippen LogP contribution in [0.1, 0.15) is 29.7 Å². The third kappa shape index (κ3) is 1.57. The van der Waals surface area contributed by atoms with Gasteiger partial charge in [-0.3, -0.25) is 0 Å². The lowest BCUT2D eigenvalue weighted by Gasteiger charge is -2.00. The van der Waals surface area contributed by atoms with Crippen molar-refractivity contribution in [3.05, 3.63) is 16.6 Å². The minimum Gasteiger partial charge on any atom is -0.539 e.